The van der Waals surface area contributed by atoms with Crippen LogP contribution in [0.4, 0.5) is 0 Å². The van der Waals surface area contributed by atoms with Crippen LogP contribution in [0.25, 0.3) is 0 Å². The van der Waals surface area contributed by atoms with Crippen molar-refractivity contribution in [3.63, 3.8) is 0 Å². The second-order valence-corrected chi connectivity index (χ2v) is 5.31. The Morgan fingerprint density at radius 1 is 1.41 bits per heavy atom. The van der Waals surface area contributed by atoms with Gasteiger partial charge in [-0.15, -0.1) is 11.8 Å². The van der Waals surface area contributed by atoms with E-state index in [9.17, 15) is 4.79 Å². The van der Waals surface area contributed by atoms with E-state index in [4.69, 9.17) is 5.73 Å². The number of hydrogen-bond acceptors (Lipinski definition) is 3. The van der Waals surface area contributed by atoms with Gasteiger partial charge in [-0.05, 0) is 32.0 Å². The van der Waals surface area contributed by atoms with Gasteiger partial charge in [-0.2, -0.15) is 0 Å². The van der Waals surface area contributed by atoms with Gasteiger partial charge >= 0.3 is 0 Å². The van der Waals surface area contributed by atoms with Crippen molar-refractivity contribution < 1.29 is 4.79 Å². The molecule has 1 aromatic rings. The van der Waals surface area contributed by atoms with Crippen LogP contribution >= 0.6 is 11.8 Å². The van der Waals surface area contributed by atoms with Crippen LogP contribution in [0, 0.1) is 0 Å². The Hall–Kier alpha value is -1.00. The summed E-state index contributed by atoms with van der Waals surface area (Å²) in [4.78, 5) is 12.6. The lowest BCUT2D eigenvalue weighted by atomic mass is 9.98. The molecule has 1 aromatic carbocycles. The molecule has 0 fully saturated rings. The predicted octanol–water partition coefficient (Wildman–Crippen LogP) is 2.02. The summed E-state index contributed by atoms with van der Waals surface area (Å²) in [5, 5.41) is 3.16. The highest BCUT2D eigenvalue weighted by molar-refractivity contribution is 7.99. The van der Waals surface area contributed by atoms with Crippen LogP contribution < -0.4 is 11.1 Å². The standard InChI is InChI=1S/C13H20N2OS/c1-3-15-13(2,12(14)16)9-10-17-11-7-5-4-6-8-11/h4-8,15H,3,9-10H2,1-2H3,(H2,14,16). The Morgan fingerprint density at radius 2 is 2.06 bits per heavy atom. The van der Waals surface area contributed by atoms with Gasteiger partial charge in [0.2, 0.25) is 5.91 Å². The highest BCUT2D eigenvalue weighted by Crippen LogP contribution is 2.21. The molecule has 1 amide bonds. The highest BCUT2D eigenvalue weighted by Gasteiger charge is 2.29. The Labute approximate surface area is 107 Å². The van der Waals surface area contributed by atoms with Crippen molar-refractivity contribution in [2.75, 3.05) is 12.3 Å². The molecule has 0 radical (unpaired) electrons. The minimum atomic E-state index is -0.601. The molecule has 3 N–H and O–H groups in total. The van der Waals surface area contributed by atoms with Gasteiger partial charge in [0.05, 0.1) is 5.54 Å². The van der Waals surface area contributed by atoms with Crippen LogP contribution in [0.5, 0.6) is 0 Å². The molecule has 4 heteroatoms. The van der Waals surface area contributed by atoms with Gasteiger partial charge in [0.25, 0.3) is 0 Å². The van der Waals surface area contributed by atoms with Crippen molar-refractivity contribution in [3.8, 4) is 0 Å². The predicted molar refractivity (Wildman–Crippen MR) is 73.1 cm³/mol. The first-order valence-corrected chi connectivity index (χ1v) is 6.80. The van der Waals surface area contributed by atoms with E-state index in [2.05, 4.69) is 17.4 Å². The van der Waals surface area contributed by atoms with Crippen molar-refractivity contribution in [3.05, 3.63) is 30.3 Å². The van der Waals surface area contributed by atoms with E-state index in [1.54, 1.807) is 11.8 Å². The van der Waals surface area contributed by atoms with Crippen molar-refractivity contribution in [1.82, 2.24) is 5.32 Å². The molecule has 0 aromatic heterocycles. The number of rotatable bonds is 7. The molecule has 0 spiro atoms. The van der Waals surface area contributed by atoms with E-state index >= 15 is 0 Å². The maximum atomic E-state index is 11.4. The lowest BCUT2D eigenvalue weighted by molar-refractivity contribution is -0.123. The van der Waals surface area contributed by atoms with Gasteiger partial charge < -0.3 is 11.1 Å². The maximum Gasteiger partial charge on any atom is 0.237 e. The normalized spacial score (nSPS) is 14.2. The minimum absolute atomic E-state index is 0.284. The average Bonchev–Trinajstić information content (AvgIpc) is 2.30. The summed E-state index contributed by atoms with van der Waals surface area (Å²) >= 11 is 1.74. The number of likely N-dealkylation sites (N-methyl/N-ethyl adjacent to an activating group) is 1. The Bertz CT molecular complexity index is 356. The summed E-state index contributed by atoms with van der Waals surface area (Å²) in [6, 6.07) is 10.2. The summed E-state index contributed by atoms with van der Waals surface area (Å²) < 4.78 is 0. The first-order valence-electron chi connectivity index (χ1n) is 5.81. The van der Waals surface area contributed by atoms with Crippen molar-refractivity contribution >= 4 is 17.7 Å². The van der Waals surface area contributed by atoms with Crippen molar-refractivity contribution in [2.45, 2.75) is 30.7 Å². The third-order valence-corrected chi connectivity index (χ3v) is 3.74. The summed E-state index contributed by atoms with van der Waals surface area (Å²) in [6.07, 6.45) is 0.732. The zero-order valence-corrected chi connectivity index (χ0v) is 11.2. The van der Waals surface area contributed by atoms with Crippen molar-refractivity contribution in [1.29, 1.82) is 0 Å². The highest BCUT2D eigenvalue weighted by atomic mass is 32.2. The van der Waals surface area contributed by atoms with Crippen LogP contribution in [0.3, 0.4) is 0 Å². The lowest BCUT2D eigenvalue weighted by Crippen LogP contribution is -2.53. The Balaban J connectivity index is 2.45. The molecular weight excluding hydrogens is 232 g/mol. The first kappa shape index (κ1) is 14.1. The largest absolute Gasteiger partial charge is 0.368 e. The molecule has 17 heavy (non-hydrogen) atoms. The van der Waals surface area contributed by atoms with Crippen molar-refractivity contribution in [2.24, 2.45) is 5.73 Å². The van der Waals surface area contributed by atoms with E-state index in [1.165, 1.54) is 4.90 Å². The second kappa shape index (κ2) is 6.67. The van der Waals surface area contributed by atoms with E-state index in [1.807, 2.05) is 32.0 Å². The molecule has 0 saturated heterocycles. The molecular formula is C13H20N2OS. The van der Waals surface area contributed by atoms with Crippen LogP contribution in [0.1, 0.15) is 20.3 Å². The Kier molecular flexibility index (Phi) is 5.51. The van der Waals surface area contributed by atoms with E-state index in [0.29, 0.717) is 0 Å². The smallest absolute Gasteiger partial charge is 0.237 e. The fourth-order valence-corrected chi connectivity index (χ4v) is 2.67. The first-order chi connectivity index (χ1) is 8.08. The van der Waals surface area contributed by atoms with Gasteiger partial charge in [-0.3, -0.25) is 4.79 Å². The summed E-state index contributed by atoms with van der Waals surface area (Å²) in [5.74, 6) is 0.587. The third kappa shape index (κ3) is 4.40. The van der Waals surface area contributed by atoms with Gasteiger partial charge in [0.15, 0.2) is 0 Å². The fraction of sp³-hybridized carbons (Fsp3) is 0.462. The number of primary amides is 1. The zero-order valence-electron chi connectivity index (χ0n) is 10.4. The SMILES string of the molecule is CCNC(C)(CCSc1ccccc1)C(N)=O. The zero-order chi connectivity index (χ0) is 12.7. The van der Waals surface area contributed by atoms with Gasteiger partial charge in [-0.25, -0.2) is 0 Å². The number of amides is 1. The Morgan fingerprint density at radius 3 is 2.59 bits per heavy atom. The monoisotopic (exact) mass is 252 g/mol. The average molecular weight is 252 g/mol. The molecule has 1 rings (SSSR count). The maximum absolute atomic E-state index is 11.4. The molecule has 3 nitrogen and oxygen atoms in total. The number of nitrogens with two attached hydrogens (primary N) is 1. The summed E-state index contributed by atoms with van der Waals surface area (Å²) in [7, 11) is 0. The van der Waals surface area contributed by atoms with Gasteiger partial charge in [0.1, 0.15) is 0 Å². The number of carbonyl (C=O) groups is 1. The molecule has 0 aliphatic carbocycles. The number of thioether (sulfide) groups is 1. The number of nitrogens with one attached hydrogen (secondary N) is 1. The molecule has 0 aliphatic rings. The van der Waals surface area contributed by atoms with Crippen LogP contribution in [-0.2, 0) is 4.79 Å². The molecule has 1 unspecified atom stereocenters. The van der Waals surface area contributed by atoms with E-state index in [-0.39, 0.29) is 5.91 Å². The van der Waals surface area contributed by atoms with Crippen LogP contribution in [0.15, 0.2) is 35.2 Å². The van der Waals surface area contributed by atoms with E-state index < -0.39 is 5.54 Å². The number of benzene rings is 1. The molecule has 0 heterocycles. The molecule has 94 valence electrons. The third-order valence-electron chi connectivity index (χ3n) is 2.72. The molecule has 0 aliphatic heterocycles. The topological polar surface area (TPSA) is 55.1 Å². The van der Waals surface area contributed by atoms with E-state index in [0.717, 1.165) is 18.7 Å². The fourth-order valence-electron chi connectivity index (χ4n) is 1.58. The summed E-state index contributed by atoms with van der Waals surface area (Å²) in [6.45, 7) is 4.59. The number of carbonyl (C=O) groups excluding carboxylic acids is 1. The van der Waals surface area contributed by atoms with Crippen LogP contribution in [-0.4, -0.2) is 23.7 Å². The lowest BCUT2D eigenvalue weighted by Gasteiger charge is -2.26. The molecule has 0 saturated carbocycles. The van der Waals surface area contributed by atoms with Gasteiger partial charge in [0, 0.05) is 10.6 Å². The molecule has 1 atom stereocenters. The van der Waals surface area contributed by atoms with Gasteiger partial charge in [-0.1, -0.05) is 25.1 Å². The summed E-state index contributed by atoms with van der Waals surface area (Å²) in [5.41, 5.74) is 4.83. The minimum Gasteiger partial charge on any atom is -0.368 e. The molecule has 0 bridgehead atoms. The quantitative estimate of drug-likeness (QED) is 0.730. The number of hydrogen-bond donors (Lipinski definition) is 2. The van der Waals surface area contributed by atoms with Crippen LogP contribution in [0.2, 0.25) is 0 Å². The second-order valence-electron chi connectivity index (χ2n) is 4.14.